The Balaban J connectivity index is 4.09. The third kappa shape index (κ3) is 42.1. The molecule has 0 aliphatic heterocycles. The van der Waals surface area contributed by atoms with Crippen molar-refractivity contribution in [2.75, 3.05) is 26.4 Å². The van der Waals surface area contributed by atoms with Gasteiger partial charge in [-0.3, -0.25) is 18.6 Å². The molecule has 0 aromatic heterocycles. The molecule has 330 valence electrons. The number of phosphoric ester groups is 1. The Hall–Kier alpha value is -1.51. The van der Waals surface area contributed by atoms with Crippen molar-refractivity contribution in [3.8, 4) is 0 Å². The fourth-order valence-electron chi connectivity index (χ4n) is 6.61. The van der Waals surface area contributed by atoms with Crippen molar-refractivity contribution in [1.29, 1.82) is 0 Å². The number of esters is 2. The second-order valence-corrected chi connectivity index (χ2v) is 17.1. The minimum absolute atomic E-state index is 0.0537. The van der Waals surface area contributed by atoms with Gasteiger partial charge in [0.1, 0.15) is 6.61 Å². The molecule has 0 radical (unpaired) electrons. The number of hydrogen-bond donors (Lipinski definition) is 2. The van der Waals surface area contributed by atoms with Gasteiger partial charge in [-0.1, -0.05) is 192 Å². The molecule has 0 aliphatic carbocycles. The standard InChI is InChI=1S/C46H88NO8P/c1-3-5-7-9-11-13-15-17-19-21-23-24-26-28-30-32-34-36-38-45(48)52-42-44(43-54-56(50,51)53-41-40-47)55-46(49)39-37-35-33-31-29-27-25-22-20-18-16-14-12-10-8-6-4-2/h12,14,18,20,44H,3-11,13,15-17,19,21-43,47H2,1-2H3,(H,50,51)/b14-12-,20-18-. The van der Waals surface area contributed by atoms with Gasteiger partial charge in [-0.15, -0.1) is 0 Å². The number of phosphoric acid groups is 1. The van der Waals surface area contributed by atoms with Gasteiger partial charge in [0.2, 0.25) is 0 Å². The van der Waals surface area contributed by atoms with E-state index in [-0.39, 0.29) is 38.6 Å². The SMILES string of the molecule is CCCCC/C=C\C/C=C\CCCCCCCCCC(=O)OC(COC(=O)CCCCCCCCCCCCCCCCCCCC)COP(=O)(O)OCCN. The van der Waals surface area contributed by atoms with E-state index in [0.29, 0.717) is 6.42 Å². The van der Waals surface area contributed by atoms with Crippen LogP contribution in [-0.2, 0) is 32.7 Å². The summed E-state index contributed by atoms with van der Waals surface area (Å²) in [7, 11) is -4.38. The van der Waals surface area contributed by atoms with Gasteiger partial charge in [0, 0.05) is 19.4 Å². The third-order valence-corrected chi connectivity index (χ3v) is 11.1. The molecule has 0 fully saturated rings. The largest absolute Gasteiger partial charge is 0.472 e. The van der Waals surface area contributed by atoms with Crippen LogP contribution in [-0.4, -0.2) is 49.3 Å². The van der Waals surface area contributed by atoms with Gasteiger partial charge < -0.3 is 20.1 Å². The number of carbonyl (C=O) groups excluding carboxylic acids is 2. The van der Waals surface area contributed by atoms with Crippen LogP contribution in [0.2, 0.25) is 0 Å². The van der Waals surface area contributed by atoms with Gasteiger partial charge in [-0.25, -0.2) is 4.57 Å². The van der Waals surface area contributed by atoms with Crippen molar-refractivity contribution in [3.05, 3.63) is 24.3 Å². The van der Waals surface area contributed by atoms with E-state index in [4.69, 9.17) is 24.3 Å². The first-order valence-corrected chi connectivity index (χ1v) is 24.8. The Morgan fingerprint density at radius 1 is 0.536 bits per heavy atom. The lowest BCUT2D eigenvalue weighted by atomic mass is 10.0. The van der Waals surface area contributed by atoms with E-state index in [1.807, 2.05) is 0 Å². The second-order valence-electron chi connectivity index (χ2n) is 15.6. The van der Waals surface area contributed by atoms with Crippen molar-refractivity contribution in [3.63, 3.8) is 0 Å². The average molecular weight is 814 g/mol. The molecule has 2 unspecified atom stereocenters. The van der Waals surface area contributed by atoms with E-state index in [2.05, 4.69) is 38.2 Å². The second kappa shape index (κ2) is 43.1. The number of carbonyl (C=O) groups is 2. The summed E-state index contributed by atoms with van der Waals surface area (Å²) in [5.41, 5.74) is 5.35. The lowest BCUT2D eigenvalue weighted by Crippen LogP contribution is -2.29. The molecule has 3 N–H and O–H groups in total. The van der Waals surface area contributed by atoms with Gasteiger partial charge in [-0.2, -0.15) is 0 Å². The van der Waals surface area contributed by atoms with E-state index >= 15 is 0 Å². The summed E-state index contributed by atoms with van der Waals surface area (Å²) in [6, 6.07) is 0. The highest BCUT2D eigenvalue weighted by molar-refractivity contribution is 7.47. The summed E-state index contributed by atoms with van der Waals surface area (Å²) in [5.74, 6) is -0.827. The van der Waals surface area contributed by atoms with Crippen molar-refractivity contribution in [2.45, 2.75) is 232 Å². The molecule has 0 spiro atoms. The zero-order chi connectivity index (χ0) is 41.1. The predicted molar refractivity (Wildman–Crippen MR) is 234 cm³/mol. The summed E-state index contributed by atoms with van der Waals surface area (Å²) < 4.78 is 32.8. The van der Waals surface area contributed by atoms with Gasteiger partial charge in [-0.05, 0) is 44.9 Å². The van der Waals surface area contributed by atoms with Crippen LogP contribution in [0.5, 0.6) is 0 Å². The highest BCUT2D eigenvalue weighted by Gasteiger charge is 2.26. The molecule has 2 atom stereocenters. The summed E-state index contributed by atoms with van der Waals surface area (Å²) in [6.07, 6.45) is 46.3. The molecular formula is C46H88NO8P. The number of allylic oxidation sites excluding steroid dienone is 4. The lowest BCUT2D eigenvalue weighted by molar-refractivity contribution is -0.161. The Labute approximate surface area is 344 Å². The number of rotatable bonds is 44. The molecule has 9 nitrogen and oxygen atoms in total. The van der Waals surface area contributed by atoms with Crippen LogP contribution in [0.4, 0.5) is 0 Å². The Kier molecular flexibility index (Phi) is 41.9. The Morgan fingerprint density at radius 2 is 0.929 bits per heavy atom. The maximum absolute atomic E-state index is 12.6. The van der Waals surface area contributed by atoms with Crippen LogP contribution in [0.3, 0.4) is 0 Å². The number of unbranched alkanes of at least 4 members (excludes halogenated alkanes) is 27. The summed E-state index contributed by atoms with van der Waals surface area (Å²) in [4.78, 5) is 34.9. The third-order valence-electron chi connectivity index (χ3n) is 10.1. The fraction of sp³-hybridized carbons (Fsp3) is 0.870. The highest BCUT2D eigenvalue weighted by Crippen LogP contribution is 2.43. The molecule has 0 aliphatic rings. The summed E-state index contributed by atoms with van der Waals surface area (Å²) >= 11 is 0. The van der Waals surface area contributed by atoms with Gasteiger partial charge in [0.25, 0.3) is 0 Å². The van der Waals surface area contributed by atoms with Gasteiger partial charge in [0.15, 0.2) is 6.10 Å². The van der Waals surface area contributed by atoms with Gasteiger partial charge >= 0.3 is 19.8 Å². The number of nitrogens with two attached hydrogens (primary N) is 1. The fourth-order valence-corrected chi connectivity index (χ4v) is 7.37. The van der Waals surface area contributed by atoms with E-state index < -0.39 is 26.5 Å². The maximum Gasteiger partial charge on any atom is 0.472 e. The van der Waals surface area contributed by atoms with E-state index in [9.17, 15) is 19.0 Å². The van der Waals surface area contributed by atoms with E-state index in [0.717, 1.165) is 51.4 Å². The molecule has 0 saturated heterocycles. The molecule has 10 heteroatoms. The maximum atomic E-state index is 12.6. The van der Waals surface area contributed by atoms with Crippen LogP contribution < -0.4 is 5.73 Å². The molecule has 0 heterocycles. The molecule has 56 heavy (non-hydrogen) atoms. The van der Waals surface area contributed by atoms with Crippen molar-refractivity contribution < 1.29 is 37.6 Å². The molecule has 0 bridgehead atoms. The number of hydrogen-bond acceptors (Lipinski definition) is 8. The average Bonchev–Trinajstić information content (AvgIpc) is 3.18. The van der Waals surface area contributed by atoms with Crippen molar-refractivity contribution in [2.24, 2.45) is 5.73 Å². The first-order chi connectivity index (χ1) is 27.3. The molecule has 0 saturated carbocycles. The molecule has 0 aromatic carbocycles. The number of ether oxygens (including phenoxy) is 2. The van der Waals surface area contributed by atoms with Crippen molar-refractivity contribution in [1.82, 2.24) is 0 Å². The summed E-state index contributed by atoms with van der Waals surface area (Å²) in [6.45, 7) is 3.73. The van der Waals surface area contributed by atoms with E-state index in [1.54, 1.807) is 0 Å². The topological polar surface area (TPSA) is 134 Å². The monoisotopic (exact) mass is 814 g/mol. The van der Waals surface area contributed by atoms with Crippen LogP contribution >= 0.6 is 7.82 Å². The Morgan fingerprint density at radius 3 is 1.39 bits per heavy atom. The van der Waals surface area contributed by atoms with Crippen LogP contribution in [0.25, 0.3) is 0 Å². The van der Waals surface area contributed by atoms with Crippen LogP contribution in [0.15, 0.2) is 24.3 Å². The zero-order valence-corrected chi connectivity index (χ0v) is 37.3. The molecular weight excluding hydrogens is 725 g/mol. The first-order valence-electron chi connectivity index (χ1n) is 23.3. The van der Waals surface area contributed by atoms with E-state index in [1.165, 1.54) is 141 Å². The molecule has 0 aromatic rings. The molecule has 0 amide bonds. The van der Waals surface area contributed by atoms with Crippen LogP contribution in [0.1, 0.15) is 226 Å². The predicted octanol–water partition coefficient (Wildman–Crippen LogP) is 13.6. The normalized spacial score (nSPS) is 13.4. The molecule has 0 rings (SSSR count). The van der Waals surface area contributed by atoms with Crippen LogP contribution in [0, 0.1) is 0 Å². The first kappa shape index (κ1) is 54.5. The minimum Gasteiger partial charge on any atom is -0.462 e. The Bertz CT molecular complexity index is 975. The van der Waals surface area contributed by atoms with Crippen molar-refractivity contribution >= 4 is 19.8 Å². The van der Waals surface area contributed by atoms with Gasteiger partial charge in [0.05, 0.1) is 13.2 Å². The quantitative estimate of drug-likeness (QED) is 0.0267. The summed E-state index contributed by atoms with van der Waals surface area (Å²) in [5, 5.41) is 0. The zero-order valence-electron chi connectivity index (χ0n) is 36.4. The lowest BCUT2D eigenvalue weighted by Gasteiger charge is -2.19. The smallest absolute Gasteiger partial charge is 0.462 e. The minimum atomic E-state index is -4.38. The highest BCUT2D eigenvalue weighted by atomic mass is 31.2.